The van der Waals surface area contributed by atoms with Gasteiger partial charge in [0.15, 0.2) is 5.78 Å². The fourth-order valence-corrected chi connectivity index (χ4v) is 3.58. The summed E-state index contributed by atoms with van der Waals surface area (Å²) in [5.41, 5.74) is 11.0. The molecule has 0 atom stereocenters. The average Bonchev–Trinajstić information content (AvgIpc) is 2.81. The molecule has 0 bridgehead atoms. The largest absolute Gasteiger partial charge is 0.397 e. The number of aromatic nitrogens is 2. The Labute approximate surface area is 122 Å². The molecule has 2 heterocycles. The molecule has 1 aliphatic rings. The molecule has 0 saturated carbocycles. The van der Waals surface area contributed by atoms with E-state index >= 15 is 0 Å². The van der Waals surface area contributed by atoms with Gasteiger partial charge in [0.1, 0.15) is 11.2 Å². The quantitative estimate of drug-likeness (QED) is 0.745. The molecule has 1 aliphatic carbocycles. The predicted octanol–water partition coefficient (Wildman–Crippen LogP) is 2.73. The third-order valence-corrected chi connectivity index (χ3v) is 4.51. The van der Waals surface area contributed by atoms with Crippen molar-refractivity contribution in [2.75, 3.05) is 5.73 Å². The lowest BCUT2D eigenvalue weighted by Gasteiger charge is -2.14. The Morgan fingerprint density at radius 2 is 2.10 bits per heavy atom. The molecule has 2 aromatic heterocycles. The van der Waals surface area contributed by atoms with Crippen molar-refractivity contribution in [2.45, 2.75) is 32.7 Å². The Kier molecular flexibility index (Phi) is 2.55. The fourth-order valence-electron chi connectivity index (χ4n) is 3.58. The molecule has 0 unspecified atom stereocenters. The van der Waals surface area contributed by atoms with Crippen LogP contribution < -0.4 is 10.7 Å². The monoisotopic (exact) mass is 280 g/mol. The molecule has 0 aliphatic heterocycles. The Balaban J connectivity index is 2.24. The number of hydrogen-bond acceptors (Lipinski definition) is 2. The lowest BCUT2D eigenvalue weighted by Crippen LogP contribution is -2.25. The van der Waals surface area contributed by atoms with Crippen LogP contribution in [0.4, 0.5) is 5.69 Å². The second kappa shape index (κ2) is 4.32. The van der Waals surface area contributed by atoms with Gasteiger partial charge >= 0.3 is 0 Å². The van der Waals surface area contributed by atoms with Crippen molar-refractivity contribution < 1.29 is 9.78 Å². The summed E-state index contributed by atoms with van der Waals surface area (Å²) in [6.45, 7) is 2.99. The fraction of sp³-hybridized carbons (Fsp3) is 0.294. The van der Waals surface area contributed by atoms with Crippen LogP contribution in [0.3, 0.4) is 0 Å². The molecule has 1 aromatic carbocycles. The number of anilines is 1. The van der Waals surface area contributed by atoms with Gasteiger partial charge < -0.3 is 5.73 Å². The van der Waals surface area contributed by atoms with Crippen LogP contribution in [0.5, 0.6) is 0 Å². The lowest BCUT2D eigenvalue weighted by atomic mass is 9.92. The summed E-state index contributed by atoms with van der Waals surface area (Å²) in [6.07, 6.45) is 2.40. The molecule has 3 aromatic rings. The molecule has 4 nitrogen and oxygen atoms in total. The van der Waals surface area contributed by atoms with E-state index in [-0.39, 0.29) is 5.78 Å². The number of aryl methyl sites for hydroxylation is 2. The van der Waals surface area contributed by atoms with Crippen LogP contribution in [-0.4, -0.2) is 10.4 Å². The minimum absolute atomic E-state index is 0.167. The molecule has 0 amide bonds. The number of nitrogens with two attached hydrogens (primary N) is 1. The number of nitrogens with one attached hydrogen (secondary N) is 1. The number of H-pyrrole nitrogens is 1. The van der Waals surface area contributed by atoms with Crippen molar-refractivity contribution in [3.8, 4) is 0 Å². The summed E-state index contributed by atoms with van der Waals surface area (Å²) in [6, 6.07) is 8.23. The minimum atomic E-state index is 0.167. The molecule has 106 valence electrons. The molecule has 21 heavy (non-hydrogen) atoms. The normalized spacial score (nSPS) is 14.8. The first-order valence-corrected chi connectivity index (χ1v) is 7.50. The van der Waals surface area contributed by atoms with Crippen LogP contribution in [0, 0.1) is 0 Å². The summed E-state index contributed by atoms with van der Waals surface area (Å²) < 4.78 is 2.24. The summed E-state index contributed by atoms with van der Waals surface area (Å²) >= 11 is 0. The van der Waals surface area contributed by atoms with E-state index in [1.54, 1.807) is 0 Å². The first kappa shape index (κ1) is 12.4. The number of rotatable bonds is 1. The zero-order valence-electron chi connectivity index (χ0n) is 12.1. The number of aromatic amines is 1. The maximum atomic E-state index is 12.3. The topological polar surface area (TPSA) is 62.2 Å². The van der Waals surface area contributed by atoms with Gasteiger partial charge in [0, 0.05) is 18.2 Å². The van der Waals surface area contributed by atoms with Gasteiger partial charge in [-0.1, -0.05) is 12.1 Å². The van der Waals surface area contributed by atoms with Crippen LogP contribution in [0.1, 0.15) is 35.8 Å². The van der Waals surface area contributed by atoms with Gasteiger partial charge in [-0.15, -0.1) is 0 Å². The van der Waals surface area contributed by atoms with E-state index in [1.807, 2.05) is 12.1 Å². The smallest absolute Gasteiger partial charge is 0.290 e. The van der Waals surface area contributed by atoms with Gasteiger partial charge in [-0.05, 0) is 25.5 Å². The minimum Gasteiger partial charge on any atom is -0.397 e. The number of para-hydroxylation sites is 1. The third kappa shape index (κ3) is 1.56. The van der Waals surface area contributed by atoms with E-state index in [2.05, 4.69) is 28.6 Å². The van der Waals surface area contributed by atoms with Crippen LogP contribution in [0.15, 0.2) is 24.3 Å². The summed E-state index contributed by atoms with van der Waals surface area (Å²) in [7, 11) is 0. The number of pyridine rings is 1. The Hall–Kier alpha value is -2.36. The number of fused-ring (bicyclic) bond motifs is 4. The molecular weight excluding hydrogens is 262 g/mol. The molecule has 0 radical (unpaired) electrons. The van der Waals surface area contributed by atoms with Gasteiger partial charge in [0.2, 0.25) is 0 Å². The summed E-state index contributed by atoms with van der Waals surface area (Å²) in [4.78, 5) is 15.7. The van der Waals surface area contributed by atoms with Gasteiger partial charge in [-0.3, -0.25) is 4.79 Å². The second-order valence-electron chi connectivity index (χ2n) is 5.65. The van der Waals surface area contributed by atoms with Crippen molar-refractivity contribution in [3.63, 3.8) is 0 Å². The highest BCUT2D eigenvalue weighted by Crippen LogP contribution is 2.35. The maximum Gasteiger partial charge on any atom is 0.290 e. The second-order valence-corrected chi connectivity index (χ2v) is 5.65. The van der Waals surface area contributed by atoms with Crippen LogP contribution in [0.2, 0.25) is 0 Å². The molecule has 3 N–H and O–H groups in total. The Morgan fingerprint density at radius 3 is 2.90 bits per heavy atom. The molecule has 0 saturated heterocycles. The van der Waals surface area contributed by atoms with Crippen LogP contribution in [0.25, 0.3) is 21.9 Å². The summed E-state index contributed by atoms with van der Waals surface area (Å²) in [5, 5.41) is 2.10. The highest BCUT2D eigenvalue weighted by Gasteiger charge is 2.29. The number of nitrogen functional groups attached to an aromatic ring is 1. The first-order valence-electron chi connectivity index (χ1n) is 7.50. The highest BCUT2D eigenvalue weighted by atomic mass is 16.1. The van der Waals surface area contributed by atoms with E-state index in [4.69, 9.17) is 5.73 Å². The van der Waals surface area contributed by atoms with Crippen molar-refractivity contribution >= 4 is 33.4 Å². The highest BCUT2D eigenvalue weighted by molar-refractivity contribution is 6.16. The molecule has 4 heteroatoms. The number of nitrogens with zero attached hydrogens (tertiary/aromatic N) is 1. The average molecular weight is 280 g/mol. The van der Waals surface area contributed by atoms with Crippen molar-refractivity contribution in [2.24, 2.45) is 0 Å². The van der Waals surface area contributed by atoms with E-state index < -0.39 is 0 Å². The standard InChI is InChI=1S/C17H17N3O/c1-2-20-12-8-4-3-6-10(12)14-16(18)15-11(19-17(14)20)7-5-9-13(15)21/h3-4,6,8H,2,5,7,9H2,1H3,(H2,18,19)/p+1. The molecule has 4 rings (SSSR count). The number of benzene rings is 1. The van der Waals surface area contributed by atoms with Crippen molar-refractivity contribution in [3.05, 3.63) is 35.5 Å². The van der Waals surface area contributed by atoms with Gasteiger partial charge in [-0.2, -0.15) is 0 Å². The van der Waals surface area contributed by atoms with Gasteiger partial charge in [0.05, 0.1) is 23.2 Å². The van der Waals surface area contributed by atoms with Crippen LogP contribution >= 0.6 is 0 Å². The number of Topliss-reactive ketones (excluding diaryl/α,β-unsaturated/α-hetero) is 1. The van der Waals surface area contributed by atoms with Gasteiger partial charge in [-0.25, -0.2) is 9.55 Å². The van der Waals surface area contributed by atoms with Crippen molar-refractivity contribution in [1.29, 1.82) is 0 Å². The zero-order chi connectivity index (χ0) is 14.6. The number of carbonyl (C=O) groups is 1. The zero-order valence-corrected chi connectivity index (χ0v) is 12.1. The van der Waals surface area contributed by atoms with Crippen LogP contribution in [-0.2, 0) is 13.0 Å². The maximum absolute atomic E-state index is 12.3. The SMILES string of the molecule is CCn1c2ccccc2c2c(N)c3c([nH+]c21)CCCC3=O. The third-order valence-electron chi connectivity index (χ3n) is 4.51. The first-order chi connectivity index (χ1) is 10.2. The molecule has 0 spiro atoms. The van der Waals surface area contributed by atoms with E-state index in [9.17, 15) is 4.79 Å². The van der Waals surface area contributed by atoms with Crippen molar-refractivity contribution in [1.82, 2.24) is 4.57 Å². The van der Waals surface area contributed by atoms with Gasteiger partial charge in [0.25, 0.3) is 5.65 Å². The predicted molar refractivity (Wildman–Crippen MR) is 83.4 cm³/mol. The Morgan fingerprint density at radius 1 is 1.29 bits per heavy atom. The number of hydrogen-bond donors (Lipinski definition) is 1. The number of ketones is 1. The van der Waals surface area contributed by atoms with E-state index in [1.165, 1.54) is 0 Å². The van der Waals surface area contributed by atoms with E-state index in [0.29, 0.717) is 17.7 Å². The molecule has 0 fully saturated rings. The summed E-state index contributed by atoms with van der Waals surface area (Å²) in [5.74, 6) is 0.167. The lowest BCUT2D eigenvalue weighted by molar-refractivity contribution is -0.362. The Bertz CT molecular complexity index is 892. The molecular formula is C17H18N3O+. The number of carbonyl (C=O) groups excluding carboxylic acids is 1. The van der Waals surface area contributed by atoms with E-state index in [0.717, 1.165) is 47.0 Å².